The smallest absolute Gasteiger partial charge is 0.231 e. The summed E-state index contributed by atoms with van der Waals surface area (Å²) >= 11 is 0. The zero-order chi connectivity index (χ0) is 13.4. The van der Waals surface area contributed by atoms with Crippen LogP contribution in [0.3, 0.4) is 0 Å². The summed E-state index contributed by atoms with van der Waals surface area (Å²) in [5, 5.41) is 4.29. The number of para-hydroxylation sites is 1. The van der Waals surface area contributed by atoms with Crippen LogP contribution < -0.4 is 9.47 Å². The van der Waals surface area contributed by atoms with Crippen molar-refractivity contribution in [3.05, 3.63) is 54.9 Å². The number of hydrogen-bond acceptors (Lipinski definition) is 4. The molecule has 0 unspecified atom stereocenters. The van der Waals surface area contributed by atoms with Gasteiger partial charge >= 0.3 is 0 Å². The molecular weight excluding hydrogens is 254 g/mol. The highest BCUT2D eigenvalue weighted by atomic mass is 16.7. The fraction of sp³-hybridized carbons (Fsp3) is 0.0667. The van der Waals surface area contributed by atoms with Crippen LogP contribution in [0.15, 0.2) is 54.9 Å². The normalized spacial score (nSPS) is 12.6. The zero-order valence-corrected chi connectivity index (χ0v) is 10.6. The Morgan fingerprint density at radius 2 is 1.80 bits per heavy atom. The first-order chi connectivity index (χ1) is 9.92. The highest BCUT2D eigenvalue weighted by Crippen LogP contribution is 2.35. The van der Waals surface area contributed by atoms with E-state index in [4.69, 9.17) is 9.47 Å². The van der Waals surface area contributed by atoms with E-state index in [1.807, 2.05) is 48.5 Å². The summed E-state index contributed by atoms with van der Waals surface area (Å²) in [7, 11) is 0. The number of benzene rings is 2. The van der Waals surface area contributed by atoms with Gasteiger partial charge in [0.05, 0.1) is 5.69 Å². The van der Waals surface area contributed by atoms with E-state index >= 15 is 0 Å². The summed E-state index contributed by atoms with van der Waals surface area (Å²) in [6, 6.07) is 15.7. The molecule has 1 aromatic heterocycles. The van der Waals surface area contributed by atoms with Crippen molar-refractivity contribution in [2.24, 2.45) is 0 Å². The Hall–Kier alpha value is -2.82. The molecule has 4 rings (SSSR count). The molecule has 0 bridgehead atoms. The molecule has 0 atom stereocenters. The van der Waals surface area contributed by atoms with E-state index in [9.17, 15) is 0 Å². The first-order valence-electron chi connectivity index (χ1n) is 6.27. The summed E-state index contributed by atoms with van der Waals surface area (Å²) in [6.45, 7) is 0.268. The Labute approximate surface area is 115 Å². The summed E-state index contributed by atoms with van der Waals surface area (Å²) in [4.78, 5) is 4.34. The standard InChI is InChI=1S/C15H11N3O2/c1-2-4-12(5-3-1)18-15(16-9-17-18)11-6-7-13-14(8-11)20-10-19-13/h1-9H,10H2. The summed E-state index contributed by atoms with van der Waals surface area (Å²) < 4.78 is 12.5. The highest BCUT2D eigenvalue weighted by molar-refractivity contribution is 5.63. The molecule has 0 saturated heterocycles. The Kier molecular flexibility index (Phi) is 2.42. The molecule has 0 N–H and O–H groups in total. The van der Waals surface area contributed by atoms with E-state index in [0.717, 1.165) is 28.6 Å². The minimum absolute atomic E-state index is 0.268. The van der Waals surface area contributed by atoms with Crippen molar-refractivity contribution >= 4 is 0 Å². The first-order valence-corrected chi connectivity index (χ1v) is 6.27. The van der Waals surface area contributed by atoms with Crippen LogP contribution in [-0.2, 0) is 0 Å². The second kappa shape index (κ2) is 4.38. The summed E-state index contributed by atoms with van der Waals surface area (Å²) in [5.41, 5.74) is 1.91. The highest BCUT2D eigenvalue weighted by Gasteiger charge is 2.16. The quantitative estimate of drug-likeness (QED) is 0.714. The Balaban J connectivity index is 1.82. The molecule has 1 aliphatic rings. The van der Waals surface area contributed by atoms with Crippen molar-refractivity contribution in [1.82, 2.24) is 14.8 Å². The fourth-order valence-electron chi connectivity index (χ4n) is 2.23. The maximum absolute atomic E-state index is 5.40. The second-order valence-electron chi connectivity index (χ2n) is 4.40. The van der Waals surface area contributed by atoms with Gasteiger partial charge in [-0.05, 0) is 30.3 Å². The van der Waals surface area contributed by atoms with Crippen molar-refractivity contribution in [3.63, 3.8) is 0 Å². The van der Waals surface area contributed by atoms with Crippen LogP contribution in [-0.4, -0.2) is 21.6 Å². The van der Waals surface area contributed by atoms with Gasteiger partial charge in [0.15, 0.2) is 17.3 Å². The van der Waals surface area contributed by atoms with Gasteiger partial charge in [-0.2, -0.15) is 5.10 Å². The van der Waals surface area contributed by atoms with E-state index in [2.05, 4.69) is 10.1 Å². The van der Waals surface area contributed by atoms with Crippen molar-refractivity contribution < 1.29 is 9.47 Å². The monoisotopic (exact) mass is 265 g/mol. The summed E-state index contributed by atoms with van der Waals surface area (Å²) in [6.07, 6.45) is 1.55. The molecule has 0 fully saturated rings. The SMILES string of the molecule is c1ccc(-n2ncnc2-c2ccc3c(c2)OCO3)cc1. The predicted octanol–water partition coefficient (Wildman–Crippen LogP) is 2.66. The molecule has 1 aliphatic heterocycles. The average molecular weight is 265 g/mol. The molecule has 3 aromatic rings. The third-order valence-corrected chi connectivity index (χ3v) is 3.18. The fourth-order valence-corrected chi connectivity index (χ4v) is 2.23. The maximum Gasteiger partial charge on any atom is 0.231 e. The molecule has 98 valence electrons. The molecule has 0 spiro atoms. The van der Waals surface area contributed by atoms with Crippen molar-refractivity contribution in [1.29, 1.82) is 0 Å². The predicted molar refractivity (Wildman–Crippen MR) is 72.9 cm³/mol. The van der Waals surface area contributed by atoms with Crippen molar-refractivity contribution in [2.75, 3.05) is 6.79 Å². The lowest BCUT2D eigenvalue weighted by Crippen LogP contribution is -1.99. The molecular formula is C15H11N3O2. The van der Waals surface area contributed by atoms with Gasteiger partial charge in [-0.25, -0.2) is 9.67 Å². The topological polar surface area (TPSA) is 49.2 Å². The number of nitrogens with zero attached hydrogens (tertiary/aromatic N) is 3. The Morgan fingerprint density at radius 3 is 2.70 bits per heavy atom. The number of ether oxygens (including phenoxy) is 2. The van der Waals surface area contributed by atoms with Gasteiger partial charge in [0.1, 0.15) is 6.33 Å². The van der Waals surface area contributed by atoms with Crippen LogP contribution >= 0.6 is 0 Å². The lowest BCUT2D eigenvalue weighted by Gasteiger charge is -2.06. The van der Waals surface area contributed by atoms with E-state index < -0.39 is 0 Å². The molecule has 5 nitrogen and oxygen atoms in total. The van der Waals surface area contributed by atoms with Crippen molar-refractivity contribution in [3.8, 4) is 28.6 Å². The maximum atomic E-state index is 5.40. The largest absolute Gasteiger partial charge is 0.454 e. The molecule has 2 aromatic carbocycles. The molecule has 5 heteroatoms. The van der Waals surface area contributed by atoms with Crippen LogP contribution in [0.25, 0.3) is 17.1 Å². The lowest BCUT2D eigenvalue weighted by molar-refractivity contribution is 0.174. The number of rotatable bonds is 2. The van der Waals surface area contributed by atoms with Gasteiger partial charge in [-0.1, -0.05) is 18.2 Å². The zero-order valence-electron chi connectivity index (χ0n) is 10.6. The molecule has 20 heavy (non-hydrogen) atoms. The van der Waals surface area contributed by atoms with E-state index in [1.165, 1.54) is 0 Å². The molecule has 0 amide bonds. The molecule has 0 aliphatic carbocycles. The minimum atomic E-state index is 0.268. The van der Waals surface area contributed by atoms with Crippen LogP contribution in [0, 0.1) is 0 Å². The lowest BCUT2D eigenvalue weighted by atomic mass is 10.2. The summed E-state index contributed by atoms with van der Waals surface area (Å²) in [5.74, 6) is 2.28. The molecule has 2 heterocycles. The average Bonchev–Trinajstić information content (AvgIpc) is 3.16. The Morgan fingerprint density at radius 1 is 0.950 bits per heavy atom. The Bertz CT molecular complexity index is 753. The third-order valence-electron chi connectivity index (χ3n) is 3.18. The van der Waals surface area contributed by atoms with Gasteiger partial charge in [-0.3, -0.25) is 0 Å². The minimum Gasteiger partial charge on any atom is -0.454 e. The van der Waals surface area contributed by atoms with Crippen LogP contribution in [0.4, 0.5) is 0 Å². The van der Waals surface area contributed by atoms with E-state index in [1.54, 1.807) is 11.0 Å². The van der Waals surface area contributed by atoms with Gasteiger partial charge < -0.3 is 9.47 Å². The van der Waals surface area contributed by atoms with Crippen LogP contribution in [0.5, 0.6) is 11.5 Å². The van der Waals surface area contributed by atoms with Crippen molar-refractivity contribution in [2.45, 2.75) is 0 Å². The first kappa shape index (κ1) is 11.0. The van der Waals surface area contributed by atoms with Gasteiger partial charge in [0.2, 0.25) is 6.79 Å². The molecule has 0 radical (unpaired) electrons. The van der Waals surface area contributed by atoms with E-state index in [0.29, 0.717) is 0 Å². The number of aromatic nitrogens is 3. The number of fused-ring (bicyclic) bond motifs is 1. The van der Waals surface area contributed by atoms with Gasteiger partial charge in [-0.15, -0.1) is 0 Å². The molecule has 0 saturated carbocycles. The van der Waals surface area contributed by atoms with Gasteiger partial charge in [0.25, 0.3) is 0 Å². The van der Waals surface area contributed by atoms with E-state index in [-0.39, 0.29) is 6.79 Å². The van der Waals surface area contributed by atoms with Gasteiger partial charge in [0, 0.05) is 5.56 Å². The number of hydrogen-bond donors (Lipinski definition) is 0. The second-order valence-corrected chi connectivity index (χ2v) is 4.40. The van der Waals surface area contributed by atoms with Crippen LogP contribution in [0.2, 0.25) is 0 Å². The van der Waals surface area contributed by atoms with Crippen LogP contribution in [0.1, 0.15) is 0 Å². The third kappa shape index (κ3) is 1.72.